The molecular weight excluding hydrogens is 254 g/mol. The average molecular weight is 273 g/mol. The van der Waals surface area contributed by atoms with E-state index in [1.807, 2.05) is 37.4 Å². The summed E-state index contributed by atoms with van der Waals surface area (Å²) >= 11 is 0. The number of nitrogens with one attached hydrogen (secondary N) is 3. The van der Waals surface area contributed by atoms with Crippen molar-refractivity contribution in [3.05, 3.63) is 36.0 Å². The van der Waals surface area contributed by atoms with E-state index >= 15 is 0 Å². The zero-order valence-corrected chi connectivity index (χ0v) is 11.5. The van der Waals surface area contributed by atoms with Crippen LogP contribution in [0.1, 0.15) is 18.9 Å². The number of fused-ring (bicyclic) bond motifs is 1. The molecule has 0 fully saturated rings. The van der Waals surface area contributed by atoms with Crippen LogP contribution < -0.4 is 10.6 Å². The number of benzene rings is 1. The van der Waals surface area contributed by atoms with Crippen molar-refractivity contribution in [2.75, 3.05) is 13.1 Å². The Bertz CT molecular complexity index is 604. The van der Waals surface area contributed by atoms with Crippen LogP contribution in [-0.2, 0) is 16.0 Å². The first kappa shape index (κ1) is 14.1. The maximum Gasteiger partial charge on any atom is 0.239 e. The van der Waals surface area contributed by atoms with Gasteiger partial charge in [0.05, 0.1) is 6.54 Å². The quantitative estimate of drug-likeness (QED) is 0.743. The molecule has 0 aliphatic rings. The summed E-state index contributed by atoms with van der Waals surface area (Å²) in [7, 11) is 0. The number of hydrogen-bond acceptors (Lipinski definition) is 2. The van der Waals surface area contributed by atoms with Crippen molar-refractivity contribution >= 4 is 22.7 Å². The Kier molecular flexibility index (Phi) is 4.76. The second-order valence-corrected chi connectivity index (χ2v) is 4.59. The smallest absolute Gasteiger partial charge is 0.239 e. The number of carbonyl (C=O) groups is 2. The van der Waals surface area contributed by atoms with Crippen molar-refractivity contribution in [1.29, 1.82) is 0 Å². The third kappa shape index (κ3) is 3.60. The monoisotopic (exact) mass is 273 g/mol. The molecule has 2 aromatic rings. The molecule has 2 rings (SSSR count). The summed E-state index contributed by atoms with van der Waals surface area (Å²) in [5.74, 6) is -0.269. The molecule has 3 N–H and O–H groups in total. The van der Waals surface area contributed by atoms with Gasteiger partial charge in [-0.3, -0.25) is 9.59 Å². The van der Waals surface area contributed by atoms with E-state index in [1.54, 1.807) is 0 Å². The molecule has 0 unspecified atom stereocenters. The highest BCUT2D eigenvalue weighted by molar-refractivity contribution is 5.86. The third-order valence-electron chi connectivity index (χ3n) is 3.12. The van der Waals surface area contributed by atoms with Gasteiger partial charge in [0.2, 0.25) is 11.8 Å². The van der Waals surface area contributed by atoms with Crippen molar-refractivity contribution in [3.63, 3.8) is 0 Å². The molecule has 1 aromatic heterocycles. The third-order valence-corrected chi connectivity index (χ3v) is 3.12. The molecule has 0 radical (unpaired) electrons. The predicted molar refractivity (Wildman–Crippen MR) is 78.3 cm³/mol. The van der Waals surface area contributed by atoms with E-state index in [0.717, 1.165) is 16.5 Å². The lowest BCUT2D eigenvalue weighted by Gasteiger charge is -2.05. The minimum Gasteiger partial charge on any atom is -0.361 e. The second kappa shape index (κ2) is 6.75. The number of amides is 2. The van der Waals surface area contributed by atoms with E-state index < -0.39 is 0 Å². The fourth-order valence-corrected chi connectivity index (χ4v) is 2.11. The molecule has 2 amide bonds. The number of aromatic nitrogens is 1. The van der Waals surface area contributed by atoms with Gasteiger partial charge in [-0.2, -0.15) is 0 Å². The molecule has 0 spiro atoms. The van der Waals surface area contributed by atoms with Crippen LogP contribution in [0.25, 0.3) is 10.9 Å². The summed E-state index contributed by atoms with van der Waals surface area (Å²) < 4.78 is 0. The fourth-order valence-electron chi connectivity index (χ4n) is 2.11. The SMILES string of the molecule is CCNC(=O)CNC(=O)CCc1c[nH]c2ccccc12. The highest BCUT2D eigenvalue weighted by Gasteiger charge is 2.07. The molecule has 0 saturated heterocycles. The summed E-state index contributed by atoms with van der Waals surface area (Å²) in [5, 5.41) is 6.40. The molecule has 1 heterocycles. The summed E-state index contributed by atoms with van der Waals surface area (Å²) in [6.07, 6.45) is 2.97. The van der Waals surface area contributed by atoms with Gasteiger partial charge in [0.25, 0.3) is 0 Å². The Morgan fingerprint density at radius 1 is 1.15 bits per heavy atom. The molecule has 0 saturated carbocycles. The highest BCUT2D eigenvalue weighted by Crippen LogP contribution is 2.18. The van der Waals surface area contributed by atoms with E-state index in [2.05, 4.69) is 15.6 Å². The van der Waals surface area contributed by atoms with E-state index in [0.29, 0.717) is 19.4 Å². The number of para-hydroxylation sites is 1. The van der Waals surface area contributed by atoms with E-state index in [9.17, 15) is 9.59 Å². The average Bonchev–Trinajstić information content (AvgIpc) is 2.86. The van der Waals surface area contributed by atoms with Crippen LogP contribution in [0.5, 0.6) is 0 Å². The van der Waals surface area contributed by atoms with Crippen LogP contribution in [0.4, 0.5) is 0 Å². The molecule has 0 aliphatic heterocycles. The number of rotatable bonds is 6. The fraction of sp³-hybridized carbons (Fsp3) is 0.333. The van der Waals surface area contributed by atoms with Crippen LogP contribution in [-0.4, -0.2) is 29.9 Å². The Hall–Kier alpha value is -2.30. The lowest BCUT2D eigenvalue weighted by molar-refractivity contribution is -0.126. The lowest BCUT2D eigenvalue weighted by Crippen LogP contribution is -2.36. The van der Waals surface area contributed by atoms with Gasteiger partial charge in [-0.1, -0.05) is 18.2 Å². The Labute approximate surface area is 117 Å². The van der Waals surface area contributed by atoms with Gasteiger partial charge in [-0.15, -0.1) is 0 Å². The first-order valence-corrected chi connectivity index (χ1v) is 6.79. The van der Waals surface area contributed by atoms with Crippen LogP contribution in [0.2, 0.25) is 0 Å². The maximum atomic E-state index is 11.7. The minimum atomic E-state index is -0.159. The normalized spacial score (nSPS) is 10.4. The summed E-state index contributed by atoms with van der Waals surface area (Å²) in [5.41, 5.74) is 2.19. The lowest BCUT2D eigenvalue weighted by atomic mass is 10.1. The number of aromatic amines is 1. The molecule has 0 atom stereocenters. The first-order valence-electron chi connectivity index (χ1n) is 6.79. The van der Waals surface area contributed by atoms with Gasteiger partial charge in [-0.25, -0.2) is 0 Å². The molecule has 0 bridgehead atoms. The number of likely N-dealkylation sites (N-methyl/N-ethyl adjacent to an activating group) is 1. The Morgan fingerprint density at radius 3 is 2.75 bits per heavy atom. The van der Waals surface area contributed by atoms with Gasteiger partial charge in [-0.05, 0) is 25.0 Å². The number of H-pyrrole nitrogens is 1. The topological polar surface area (TPSA) is 74.0 Å². The van der Waals surface area contributed by atoms with Crippen LogP contribution in [0, 0.1) is 0 Å². The van der Waals surface area contributed by atoms with E-state index in [1.165, 1.54) is 0 Å². The van der Waals surface area contributed by atoms with Gasteiger partial charge in [0.1, 0.15) is 0 Å². The largest absolute Gasteiger partial charge is 0.361 e. The highest BCUT2D eigenvalue weighted by atomic mass is 16.2. The Balaban J connectivity index is 1.83. The molecule has 106 valence electrons. The van der Waals surface area contributed by atoms with Crippen molar-refractivity contribution in [1.82, 2.24) is 15.6 Å². The van der Waals surface area contributed by atoms with Crippen molar-refractivity contribution in [2.45, 2.75) is 19.8 Å². The Morgan fingerprint density at radius 2 is 1.95 bits per heavy atom. The van der Waals surface area contributed by atoms with Gasteiger partial charge >= 0.3 is 0 Å². The summed E-state index contributed by atoms with van der Waals surface area (Å²) in [4.78, 5) is 26.1. The van der Waals surface area contributed by atoms with Crippen LogP contribution in [0.15, 0.2) is 30.5 Å². The summed E-state index contributed by atoms with van der Waals surface area (Å²) in [6, 6.07) is 8.00. The van der Waals surface area contributed by atoms with Gasteiger partial charge in [0, 0.05) is 30.1 Å². The van der Waals surface area contributed by atoms with E-state index in [-0.39, 0.29) is 18.4 Å². The standard InChI is InChI=1S/C15H19N3O2/c1-2-16-15(20)10-18-14(19)8-7-11-9-17-13-6-4-3-5-12(11)13/h3-6,9,17H,2,7-8,10H2,1H3,(H,16,20)(H,18,19). The van der Waals surface area contributed by atoms with Crippen molar-refractivity contribution in [3.8, 4) is 0 Å². The molecular formula is C15H19N3O2. The zero-order chi connectivity index (χ0) is 14.4. The number of hydrogen-bond donors (Lipinski definition) is 3. The van der Waals surface area contributed by atoms with Gasteiger partial charge in [0.15, 0.2) is 0 Å². The molecule has 20 heavy (non-hydrogen) atoms. The minimum absolute atomic E-state index is 0.0422. The number of aryl methyl sites for hydroxylation is 1. The van der Waals surface area contributed by atoms with Crippen LogP contribution >= 0.6 is 0 Å². The summed E-state index contributed by atoms with van der Waals surface area (Å²) in [6.45, 7) is 2.46. The van der Waals surface area contributed by atoms with Gasteiger partial charge < -0.3 is 15.6 Å². The molecule has 1 aromatic carbocycles. The van der Waals surface area contributed by atoms with E-state index in [4.69, 9.17) is 0 Å². The predicted octanol–water partition coefficient (Wildman–Crippen LogP) is 1.35. The van der Waals surface area contributed by atoms with Crippen molar-refractivity contribution < 1.29 is 9.59 Å². The van der Waals surface area contributed by atoms with Crippen molar-refractivity contribution in [2.24, 2.45) is 0 Å². The first-order chi connectivity index (χ1) is 9.70. The molecule has 5 nitrogen and oxygen atoms in total. The zero-order valence-electron chi connectivity index (χ0n) is 11.5. The maximum absolute atomic E-state index is 11.7. The second-order valence-electron chi connectivity index (χ2n) is 4.59. The molecule has 0 aliphatic carbocycles. The molecule has 5 heteroatoms. The number of carbonyl (C=O) groups excluding carboxylic acids is 2. The van der Waals surface area contributed by atoms with Crippen LogP contribution in [0.3, 0.4) is 0 Å².